The summed E-state index contributed by atoms with van der Waals surface area (Å²) in [5, 5.41) is 0. The highest BCUT2D eigenvalue weighted by molar-refractivity contribution is 5.01. The standard InChI is InChI=1S/C9H15F2N3O2/c1-15-8(16-2)7-3-13-6-14(7)5-9(10,11)4-12/h3,6,8H,4-5,12H2,1-2H3. The van der Waals surface area contributed by atoms with Crippen molar-refractivity contribution < 1.29 is 18.3 Å². The molecule has 0 aliphatic carbocycles. The lowest BCUT2D eigenvalue weighted by atomic mass is 10.3. The van der Waals surface area contributed by atoms with E-state index in [0.717, 1.165) is 0 Å². The van der Waals surface area contributed by atoms with Crippen LogP contribution in [-0.2, 0) is 16.0 Å². The Bertz CT molecular complexity index is 326. The maximum Gasteiger partial charge on any atom is 0.277 e. The van der Waals surface area contributed by atoms with E-state index in [1.807, 2.05) is 0 Å². The van der Waals surface area contributed by atoms with Crippen molar-refractivity contribution in [2.45, 2.75) is 18.8 Å². The van der Waals surface area contributed by atoms with E-state index in [-0.39, 0.29) is 0 Å². The van der Waals surface area contributed by atoms with E-state index in [4.69, 9.17) is 15.2 Å². The molecule has 1 heterocycles. The molecule has 92 valence electrons. The van der Waals surface area contributed by atoms with Gasteiger partial charge in [-0.15, -0.1) is 0 Å². The van der Waals surface area contributed by atoms with Crippen molar-refractivity contribution in [1.29, 1.82) is 0 Å². The summed E-state index contributed by atoms with van der Waals surface area (Å²) in [6.45, 7) is -1.25. The summed E-state index contributed by atoms with van der Waals surface area (Å²) in [4.78, 5) is 3.79. The molecular weight excluding hydrogens is 220 g/mol. The third-order valence-corrected chi connectivity index (χ3v) is 2.11. The molecule has 0 spiro atoms. The Morgan fingerprint density at radius 2 is 2.12 bits per heavy atom. The quantitative estimate of drug-likeness (QED) is 0.740. The summed E-state index contributed by atoms with van der Waals surface area (Å²) in [5.41, 5.74) is 5.40. The van der Waals surface area contributed by atoms with Gasteiger partial charge in [-0.25, -0.2) is 13.8 Å². The largest absolute Gasteiger partial charge is 0.350 e. The number of rotatable bonds is 6. The number of aromatic nitrogens is 2. The van der Waals surface area contributed by atoms with Crippen molar-refractivity contribution in [1.82, 2.24) is 9.55 Å². The van der Waals surface area contributed by atoms with Gasteiger partial charge in [0, 0.05) is 14.2 Å². The molecule has 0 aliphatic rings. The second kappa shape index (κ2) is 5.33. The predicted molar refractivity (Wildman–Crippen MR) is 53.0 cm³/mol. The van der Waals surface area contributed by atoms with Gasteiger partial charge in [-0.1, -0.05) is 0 Å². The fourth-order valence-corrected chi connectivity index (χ4v) is 1.31. The molecule has 7 heteroatoms. The first-order chi connectivity index (χ1) is 7.54. The molecule has 0 bridgehead atoms. The SMILES string of the molecule is COC(OC)c1cncn1CC(F)(F)CN. The van der Waals surface area contributed by atoms with Crippen molar-refractivity contribution in [3.8, 4) is 0 Å². The predicted octanol–water partition coefficient (Wildman–Crippen LogP) is 0.768. The van der Waals surface area contributed by atoms with Crippen molar-refractivity contribution >= 4 is 0 Å². The molecule has 1 rings (SSSR count). The van der Waals surface area contributed by atoms with Crippen LogP contribution in [0.1, 0.15) is 12.0 Å². The van der Waals surface area contributed by atoms with Crippen LogP contribution in [0.25, 0.3) is 0 Å². The molecule has 0 saturated heterocycles. The van der Waals surface area contributed by atoms with E-state index < -0.39 is 25.3 Å². The topological polar surface area (TPSA) is 62.3 Å². The summed E-state index contributed by atoms with van der Waals surface area (Å²) in [6, 6.07) is 0. The van der Waals surface area contributed by atoms with Crippen molar-refractivity contribution in [3.05, 3.63) is 18.2 Å². The zero-order valence-corrected chi connectivity index (χ0v) is 9.19. The van der Waals surface area contributed by atoms with Crippen molar-refractivity contribution in [2.75, 3.05) is 20.8 Å². The summed E-state index contributed by atoms with van der Waals surface area (Å²) in [7, 11) is 2.85. The van der Waals surface area contributed by atoms with E-state index in [2.05, 4.69) is 4.98 Å². The molecule has 0 saturated carbocycles. The smallest absolute Gasteiger partial charge is 0.277 e. The maximum atomic E-state index is 13.1. The van der Waals surface area contributed by atoms with Gasteiger partial charge in [0.25, 0.3) is 5.92 Å². The van der Waals surface area contributed by atoms with Gasteiger partial charge in [-0.3, -0.25) is 0 Å². The van der Waals surface area contributed by atoms with Gasteiger partial charge in [0.15, 0.2) is 6.29 Å². The Morgan fingerprint density at radius 3 is 2.62 bits per heavy atom. The Balaban J connectivity index is 2.85. The van der Waals surface area contributed by atoms with Gasteiger partial charge in [0.05, 0.1) is 31.3 Å². The normalized spacial score (nSPS) is 12.4. The molecule has 0 unspecified atom stereocenters. The first-order valence-electron chi connectivity index (χ1n) is 4.67. The highest BCUT2D eigenvalue weighted by atomic mass is 19.3. The van der Waals surface area contributed by atoms with Crippen molar-refractivity contribution in [3.63, 3.8) is 0 Å². The summed E-state index contributed by atoms with van der Waals surface area (Å²) in [5.74, 6) is -2.97. The number of hydrogen-bond acceptors (Lipinski definition) is 4. The zero-order chi connectivity index (χ0) is 12.2. The second-order valence-corrected chi connectivity index (χ2v) is 3.31. The van der Waals surface area contributed by atoms with E-state index in [1.54, 1.807) is 0 Å². The number of alkyl halides is 2. The molecule has 1 aromatic heterocycles. The van der Waals surface area contributed by atoms with Crippen LogP contribution in [0, 0.1) is 0 Å². The third-order valence-electron chi connectivity index (χ3n) is 2.11. The molecule has 0 aromatic carbocycles. The van der Waals surface area contributed by atoms with Gasteiger partial charge < -0.3 is 19.8 Å². The highest BCUT2D eigenvalue weighted by Crippen LogP contribution is 2.21. The van der Waals surface area contributed by atoms with Crippen LogP contribution in [0.2, 0.25) is 0 Å². The van der Waals surface area contributed by atoms with E-state index in [0.29, 0.717) is 5.69 Å². The number of methoxy groups -OCH3 is 2. The molecule has 0 fully saturated rings. The number of imidazole rings is 1. The lowest BCUT2D eigenvalue weighted by Crippen LogP contribution is -2.33. The zero-order valence-electron chi connectivity index (χ0n) is 9.19. The van der Waals surface area contributed by atoms with Crippen LogP contribution in [0.15, 0.2) is 12.5 Å². The Hall–Kier alpha value is -1.05. The van der Waals surface area contributed by atoms with Gasteiger partial charge in [0.2, 0.25) is 0 Å². The number of hydrogen-bond donors (Lipinski definition) is 1. The monoisotopic (exact) mass is 235 g/mol. The van der Waals surface area contributed by atoms with Crippen LogP contribution in [-0.4, -0.2) is 36.2 Å². The molecule has 0 amide bonds. The molecule has 0 radical (unpaired) electrons. The first kappa shape index (κ1) is 13.0. The molecule has 0 aliphatic heterocycles. The fourth-order valence-electron chi connectivity index (χ4n) is 1.31. The van der Waals surface area contributed by atoms with E-state index in [1.165, 1.54) is 31.3 Å². The van der Waals surface area contributed by atoms with Crippen molar-refractivity contribution in [2.24, 2.45) is 5.73 Å². The lowest BCUT2D eigenvalue weighted by molar-refractivity contribution is -0.112. The van der Waals surface area contributed by atoms with E-state index >= 15 is 0 Å². The van der Waals surface area contributed by atoms with E-state index in [9.17, 15) is 8.78 Å². The Morgan fingerprint density at radius 1 is 1.50 bits per heavy atom. The average molecular weight is 235 g/mol. The van der Waals surface area contributed by atoms with Crippen LogP contribution < -0.4 is 5.73 Å². The van der Waals surface area contributed by atoms with Gasteiger partial charge >= 0.3 is 0 Å². The number of nitrogens with zero attached hydrogens (tertiary/aromatic N) is 2. The minimum atomic E-state index is -2.97. The number of nitrogens with two attached hydrogens (primary N) is 1. The molecule has 16 heavy (non-hydrogen) atoms. The third kappa shape index (κ3) is 2.97. The average Bonchev–Trinajstić information content (AvgIpc) is 2.68. The fraction of sp³-hybridized carbons (Fsp3) is 0.667. The highest BCUT2D eigenvalue weighted by Gasteiger charge is 2.29. The van der Waals surface area contributed by atoms with Crippen LogP contribution in [0.3, 0.4) is 0 Å². The summed E-state index contributed by atoms with van der Waals surface area (Å²) >= 11 is 0. The minimum absolute atomic E-state index is 0.429. The van der Waals surface area contributed by atoms with Crippen LogP contribution in [0.4, 0.5) is 8.78 Å². The number of ether oxygens (including phenoxy) is 2. The molecular formula is C9H15F2N3O2. The van der Waals surface area contributed by atoms with Crippen LogP contribution >= 0.6 is 0 Å². The molecule has 2 N–H and O–H groups in total. The van der Waals surface area contributed by atoms with Crippen LogP contribution in [0.5, 0.6) is 0 Å². The minimum Gasteiger partial charge on any atom is -0.350 e. The summed E-state index contributed by atoms with van der Waals surface area (Å²) in [6.07, 6.45) is 2.00. The first-order valence-corrected chi connectivity index (χ1v) is 4.67. The van der Waals surface area contributed by atoms with Gasteiger partial charge in [-0.2, -0.15) is 0 Å². The van der Waals surface area contributed by atoms with Gasteiger partial charge in [-0.05, 0) is 0 Å². The Kier molecular flexibility index (Phi) is 4.34. The molecule has 1 aromatic rings. The van der Waals surface area contributed by atoms with Gasteiger partial charge in [0.1, 0.15) is 0 Å². The second-order valence-electron chi connectivity index (χ2n) is 3.31. The number of halogens is 2. The summed E-state index contributed by atoms with van der Waals surface area (Å²) < 4.78 is 37.4. The Labute approximate surface area is 92.2 Å². The molecule has 5 nitrogen and oxygen atoms in total. The maximum absolute atomic E-state index is 13.1. The molecule has 0 atom stereocenters. The lowest BCUT2D eigenvalue weighted by Gasteiger charge is -2.19.